The van der Waals surface area contributed by atoms with E-state index >= 15 is 0 Å². The number of rotatable bonds is 4. The molecule has 0 saturated carbocycles. The second kappa shape index (κ2) is 7.02. The first-order valence-electron chi connectivity index (χ1n) is 7.53. The summed E-state index contributed by atoms with van der Waals surface area (Å²) in [6.45, 7) is 8.73. The number of aromatic nitrogens is 2. The first kappa shape index (κ1) is 14.5. The minimum Gasteiger partial charge on any atom is -0.380 e. The third-order valence-corrected chi connectivity index (χ3v) is 4.65. The molecule has 0 aliphatic carbocycles. The summed E-state index contributed by atoms with van der Waals surface area (Å²) in [4.78, 5) is 5.09. The second-order valence-electron chi connectivity index (χ2n) is 5.69. The van der Waals surface area contributed by atoms with Crippen LogP contribution in [0.25, 0.3) is 0 Å². The molecule has 112 valence electrons. The zero-order valence-electron chi connectivity index (χ0n) is 11.9. The Balaban J connectivity index is 1.43. The SMILES string of the molecule is Brc1cnn(C2CCN(CCN3CCCOCC3)C2)c1. The van der Waals surface area contributed by atoms with Gasteiger partial charge >= 0.3 is 0 Å². The highest BCUT2D eigenvalue weighted by Crippen LogP contribution is 2.22. The van der Waals surface area contributed by atoms with Crippen molar-refractivity contribution in [3.8, 4) is 0 Å². The fraction of sp³-hybridized carbons (Fsp3) is 0.786. The van der Waals surface area contributed by atoms with Gasteiger partial charge in [0.2, 0.25) is 0 Å². The molecule has 20 heavy (non-hydrogen) atoms. The molecule has 0 radical (unpaired) electrons. The zero-order valence-corrected chi connectivity index (χ0v) is 13.5. The fourth-order valence-corrected chi connectivity index (χ4v) is 3.35. The lowest BCUT2D eigenvalue weighted by atomic mass is 10.3. The van der Waals surface area contributed by atoms with Crippen molar-refractivity contribution in [2.24, 2.45) is 0 Å². The maximum absolute atomic E-state index is 5.50. The first-order valence-corrected chi connectivity index (χ1v) is 8.33. The van der Waals surface area contributed by atoms with Crippen LogP contribution in [0.5, 0.6) is 0 Å². The zero-order chi connectivity index (χ0) is 13.8. The lowest BCUT2D eigenvalue weighted by Gasteiger charge is -2.23. The van der Waals surface area contributed by atoms with Gasteiger partial charge in [0.1, 0.15) is 0 Å². The van der Waals surface area contributed by atoms with E-state index in [1.807, 2.05) is 6.20 Å². The van der Waals surface area contributed by atoms with Gasteiger partial charge in [0.25, 0.3) is 0 Å². The lowest BCUT2D eigenvalue weighted by molar-refractivity contribution is 0.139. The van der Waals surface area contributed by atoms with Crippen LogP contribution in [0.1, 0.15) is 18.9 Å². The van der Waals surface area contributed by atoms with Gasteiger partial charge in [-0.05, 0) is 28.8 Å². The second-order valence-corrected chi connectivity index (χ2v) is 6.60. The number of ether oxygens (including phenoxy) is 1. The number of hydrogen-bond donors (Lipinski definition) is 0. The van der Waals surface area contributed by atoms with E-state index in [4.69, 9.17) is 4.74 Å². The van der Waals surface area contributed by atoms with Crippen LogP contribution in [0.2, 0.25) is 0 Å². The highest BCUT2D eigenvalue weighted by Gasteiger charge is 2.24. The minimum absolute atomic E-state index is 0.536. The molecule has 2 aliphatic heterocycles. The van der Waals surface area contributed by atoms with Gasteiger partial charge in [-0.15, -0.1) is 0 Å². The van der Waals surface area contributed by atoms with Gasteiger partial charge in [0.15, 0.2) is 0 Å². The van der Waals surface area contributed by atoms with Crippen LogP contribution in [0.15, 0.2) is 16.9 Å². The predicted octanol–water partition coefficient (Wildman–Crippen LogP) is 1.61. The average Bonchev–Trinajstić information content (AvgIpc) is 3.00. The molecule has 6 heteroatoms. The fourth-order valence-electron chi connectivity index (χ4n) is 3.05. The van der Waals surface area contributed by atoms with E-state index in [9.17, 15) is 0 Å². The van der Waals surface area contributed by atoms with Gasteiger partial charge in [-0.25, -0.2) is 0 Å². The Kier molecular flexibility index (Phi) is 5.09. The van der Waals surface area contributed by atoms with Crippen LogP contribution >= 0.6 is 15.9 Å². The highest BCUT2D eigenvalue weighted by atomic mass is 79.9. The number of likely N-dealkylation sites (tertiary alicyclic amines) is 1. The normalized spacial score (nSPS) is 25.9. The van der Waals surface area contributed by atoms with E-state index in [0.717, 1.165) is 30.8 Å². The quantitative estimate of drug-likeness (QED) is 0.832. The summed E-state index contributed by atoms with van der Waals surface area (Å²) in [5, 5.41) is 4.41. The lowest BCUT2D eigenvalue weighted by Crippen LogP contribution is -2.35. The monoisotopic (exact) mass is 342 g/mol. The van der Waals surface area contributed by atoms with Gasteiger partial charge < -0.3 is 4.74 Å². The van der Waals surface area contributed by atoms with Crippen LogP contribution < -0.4 is 0 Å². The average molecular weight is 343 g/mol. The molecule has 0 aromatic carbocycles. The van der Waals surface area contributed by atoms with Crippen molar-refractivity contribution in [1.29, 1.82) is 0 Å². The summed E-state index contributed by atoms with van der Waals surface area (Å²) in [6.07, 6.45) is 6.33. The topological polar surface area (TPSA) is 33.5 Å². The third kappa shape index (κ3) is 3.81. The van der Waals surface area contributed by atoms with Gasteiger partial charge in [0, 0.05) is 52.1 Å². The number of halogens is 1. The smallest absolute Gasteiger partial charge is 0.0658 e. The summed E-state index contributed by atoms with van der Waals surface area (Å²) < 4.78 is 8.67. The Morgan fingerprint density at radius 3 is 2.95 bits per heavy atom. The van der Waals surface area contributed by atoms with E-state index in [-0.39, 0.29) is 0 Å². The van der Waals surface area contributed by atoms with Gasteiger partial charge in [-0.3, -0.25) is 14.5 Å². The summed E-state index contributed by atoms with van der Waals surface area (Å²) in [5.41, 5.74) is 0. The van der Waals surface area contributed by atoms with Crippen LogP contribution in [-0.4, -0.2) is 72.1 Å². The summed E-state index contributed by atoms with van der Waals surface area (Å²) in [5.74, 6) is 0. The first-order chi connectivity index (χ1) is 9.81. The van der Waals surface area contributed by atoms with Crippen molar-refractivity contribution < 1.29 is 4.74 Å². The van der Waals surface area contributed by atoms with Crippen molar-refractivity contribution in [2.45, 2.75) is 18.9 Å². The molecule has 1 unspecified atom stereocenters. The maximum Gasteiger partial charge on any atom is 0.0658 e. The van der Waals surface area contributed by atoms with Crippen molar-refractivity contribution in [2.75, 3.05) is 52.5 Å². The molecule has 1 atom stereocenters. The molecule has 2 fully saturated rings. The Morgan fingerprint density at radius 2 is 2.10 bits per heavy atom. The molecule has 0 spiro atoms. The molecule has 3 heterocycles. The third-order valence-electron chi connectivity index (χ3n) is 4.24. The van der Waals surface area contributed by atoms with Crippen LogP contribution in [0.4, 0.5) is 0 Å². The predicted molar refractivity (Wildman–Crippen MR) is 81.9 cm³/mol. The van der Waals surface area contributed by atoms with E-state index < -0.39 is 0 Å². The summed E-state index contributed by atoms with van der Waals surface area (Å²) >= 11 is 3.47. The molecule has 5 nitrogen and oxygen atoms in total. The van der Waals surface area contributed by atoms with Gasteiger partial charge in [-0.2, -0.15) is 5.10 Å². The van der Waals surface area contributed by atoms with Gasteiger partial charge in [-0.1, -0.05) is 0 Å². The molecule has 2 aliphatic rings. The molecular formula is C14H23BrN4O. The Labute approximate surface area is 129 Å². The Morgan fingerprint density at radius 1 is 1.20 bits per heavy atom. The van der Waals surface area contributed by atoms with Crippen molar-refractivity contribution in [3.05, 3.63) is 16.9 Å². The summed E-state index contributed by atoms with van der Waals surface area (Å²) in [6, 6.07) is 0.536. The highest BCUT2D eigenvalue weighted by molar-refractivity contribution is 9.10. The van der Waals surface area contributed by atoms with E-state index in [1.165, 1.54) is 39.0 Å². The van der Waals surface area contributed by atoms with Crippen molar-refractivity contribution in [1.82, 2.24) is 19.6 Å². The van der Waals surface area contributed by atoms with Crippen LogP contribution in [0.3, 0.4) is 0 Å². The standard InChI is InChI=1S/C14H23BrN4O/c15-13-10-16-19(11-13)14-2-4-18(12-14)6-5-17-3-1-8-20-9-7-17/h10-11,14H,1-9,12H2. The van der Waals surface area contributed by atoms with Crippen LogP contribution in [0, 0.1) is 0 Å². The number of nitrogens with zero attached hydrogens (tertiary/aromatic N) is 4. The largest absolute Gasteiger partial charge is 0.380 e. The Bertz CT molecular complexity index is 417. The van der Waals surface area contributed by atoms with E-state index in [2.05, 4.69) is 41.7 Å². The number of hydrogen-bond acceptors (Lipinski definition) is 4. The molecule has 0 bridgehead atoms. The van der Waals surface area contributed by atoms with E-state index in [0.29, 0.717) is 6.04 Å². The summed E-state index contributed by atoms with van der Waals surface area (Å²) in [7, 11) is 0. The van der Waals surface area contributed by atoms with E-state index in [1.54, 1.807) is 0 Å². The molecular weight excluding hydrogens is 320 g/mol. The molecule has 1 aromatic rings. The van der Waals surface area contributed by atoms with Crippen LogP contribution in [-0.2, 0) is 4.74 Å². The van der Waals surface area contributed by atoms with Crippen molar-refractivity contribution >= 4 is 15.9 Å². The molecule has 0 N–H and O–H groups in total. The molecule has 2 saturated heterocycles. The molecule has 0 amide bonds. The molecule has 1 aromatic heterocycles. The molecule has 3 rings (SSSR count). The Hall–Kier alpha value is -0.430. The minimum atomic E-state index is 0.536. The maximum atomic E-state index is 5.50. The van der Waals surface area contributed by atoms with Crippen molar-refractivity contribution in [3.63, 3.8) is 0 Å². The van der Waals surface area contributed by atoms with Gasteiger partial charge in [0.05, 0.1) is 23.3 Å².